The molecule has 0 unspecified atom stereocenters. The zero-order chi connectivity index (χ0) is 20.4. The molecule has 0 radical (unpaired) electrons. The number of hydrogen-bond acceptors (Lipinski definition) is 4. The summed E-state index contributed by atoms with van der Waals surface area (Å²) in [4.78, 5) is 8.72. The molecule has 29 heavy (non-hydrogen) atoms. The van der Waals surface area contributed by atoms with Gasteiger partial charge in [0.05, 0.1) is 17.3 Å². The first-order valence-corrected chi connectivity index (χ1v) is 9.87. The van der Waals surface area contributed by atoms with Gasteiger partial charge in [-0.15, -0.1) is 35.3 Å². The van der Waals surface area contributed by atoms with Crippen LogP contribution < -0.4 is 10.6 Å². The van der Waals surface area contributed by atoms with Gasteiger partial charge in [-0.3, -0.25) is 4.99 Å². The SMILES string of the molecule is CCc1nc(CCNC(=NC)NCc2ccc(COCC(F)(F)F)cc2)cs1.I. The molecule has 0 atom stereocenters. The minimum absolute atomic E-state index is 0. The van der Waals surface area contributed by atoms with Gasteiger partial charge in [-0.05, 0) is 17.5 Å². The number of aryl methyl sites for hydroxylation is 1. The van der Waals surface area contributed by atoms with Crippen molar-refractivity contribution in [2.45, 2.75) is 39.1 Å². The molecule has 1 heterocycles. The Morgan fingerprint density at radius 3 is 2.45 bits per heavy atom. The fraction of sp³-hybridized carbons (Fsp3) is 0.474. The van der Waals surface area contributed by atoms with E-state index in [1.54, 1.807) is 30.5 Å². The third-order valence-electron chi connectivity index (χ3n) is 3.82. The minimum atomic E-state index is -4.30. The van der Waals surface area contributed by atoms with Gasteiger partial charge in [-0.25, -0.2) is 4.98 Å². The summed E-state index contributed by atoms with van der Waals surface area (Å²) in [5, 5.41) is 9.68. The Morgan fingerprint density at radius 2 is 1.86 bits per heavy atom. The largest absolute Gasteiger partial charge is 0.411 e. The van der Waals surface area contributed by atoms with Gasteiger partial charge in [0.25, 0.3) is 0 Å². The quantitative estimate of drug-likeness (QED) is 0.282. The van der Waals surface area contributed by atoms with E-state index in [2.05, 4.69) is 37.7 Å². The van der Waals surface area contributed by atoms with Gasteiger partial charge >= 0.3 is 6.18 Å². The molecule has 0 saturated heterocycles. The van der Waals surface area contributed by atoms with Crippen LogP contribution in [0.4, 0.5) is 13.2 Å². The molecule has 0 fully saturated rings. The van der Waals surface area contributed by atoms with E-state index >= 15 is 0 Å². The lowest BCUT2D eigenvalue weighted by atomic mass is 10.1. The molecule has 0 bridgehead atoms. The van der Waals surface area contributed by atoms with Crippen LogP contribution in [0.5, 0.6) is 0 Å². The number of halogens is 4. The average molecular weight is 542 g/mol. The molecule has 0 aliphatic rings. The van der Waals surface area contributed by atoms with E-state index in [1.165, 1.54) is 0 Å². The van der Waals surface area contributed by atoms with Crippen LogP contribution in [0.15, 0.2) is 34.6 Å². The van der Waals surface area contributed by atoms with E-state index in [4.69, 9.17) is 0 Å². The summed E-state index contributed by atoms with van der Waals surface area (Å²) in [6.07, 6.45) is -2.52. The van der Waals surface area contributed by atoms with E-state index in [-0.39, 0.29) is 30.6 Å². The molecule has 0 saturated carbocycles. The van der Waals surface area contributed by atoms with Crippen molar-refractivity contribution in [3.63, 3.8) is 0 Å². The second-order valence-corrected chi connectivity index (χ2v) is 7.06. The molecule has 0 spiro atoms. The summed E-state index contributed by atoms with van der Waals surface area (Å²) in [6, 6.07) is 7.23. The fourth-order valence-corrected chi connectivity index (χ4v) is 3.16. The maximum absolute atomic E-state index is 12.1. The van der Waals surface area contributed by atoms with Crippen LogP contribution in [0.25, 0.3) is 0 Å². The van der Waals surface area contributed by atoms with Crippen molar-refractivity contribution in [3.05, 3.63) is 51.5 Å². The van der Waals surface area contributed by atoms with Crippen LogP contribution in [0.1, 0.15) is 28.8 Å². The highest BCUT2D eigenvalue weighted by molar-refractivity contribution is 14.0. The number of rotatable bonds is 9. The van der Waals surface area contributed by atoms with Gasteiger partial charge in [-0.1, -0.05) is 31.2 Å². The molecule has 1 aromatic carbocycles. The van der Waals surface area contributed by atoms with Crippen molar-refractivity contribution >= 4 is 41.3 Å². The average Bonchev–Trinajstić information content (AvgIpc) is 3.12. The van der Waals surface area contributed by atoms with Crippen molar-refractivity contribution in [2.75, 3.05) is 20.2 Å². The molecule has 0 aliphatic carbocycles. The molecule has 2 rings (SSSR count). The molecule has 0 amide bonds. The van der Waals surface area contributed by atoms with E-state index in [1.807, 2.05) is 12.1 Å². The standard InChI is InChI=1S/C19H25F3N4OS.HI/c1-3-17-26-16(12-28-17)8-9-24-18(23-2)25-10-14-4-6-15(7-5-14)11-27-13-19(20,21)22;/h4-7,12H,3,8-11,13H2,1-2H3,(H2,23,24,25);1H. The second-order valence-electron chi connectivity index (χ2n) is 6.11. The highest BCUT2D eigenvalue weighted by Gasteiger charge is 2.27. The van der Waals surface area contributed by atoms with Gasteiger partial charge in [0.15, 0.2) is 5.96 Å². The smallest absolute Gasteiger partial charge is 0.367 e. The van der Waals surface area contributed by atoms with Gasteiger partial charge < -0.3 is 15.4 Å². The Hall–Kier alpha value is -1.40. The molecule has 2 N–H and O–H groups in total. The molecule has 5 nitrogen and oxygen atoms in total. The molecule has 2 aromatic rings. The first-order valence-electron chi connectivity index (χ1n) is 8.99. The highest BCUT2D eigenvalue weighted by Crippen LogP contribution is 2.16. The molecule has 162 valence electrons. The number of aliphatic imine (C=N–C) groups is 1. The number of nitrogens with zero attached hydrogens (tertiary/aromatic N) is 2. The van der Waals surface area contributed by atoms with E-state index < -0.39 is 12.8 Å². The predicted molar refractivity (Wildman–Crippen MR) is 121 cm³/mol. The Labute approximate surface area is 190 Å². The summed E-state index contributed by atoms with van der Waals surface area (Å²) in [7, 11) is 1.70. The molecular formula is C19H26F3IN4OS. The van der Waals surface area contributed by atoms with Crippen molar-refractivity contribution in [2.24, 2.45) is 4.99 Å². The topological polar surface area (TPSA) is 58.5 Å². The van der Waals surface area contributed by atoms with Crippen LogP contribution in [-0.4, -0.2) is 37.3 Å². The Balaban J connectivity index is 0.00000420. The first-order chi connectivity index (χ1) is 13.4. The first kappa shape index (κ1) is 25.6. The number of thiazole rings is 1. The second kappa shape index (κ2) is 13.0. The number of aromatic nitrogens is 1. The zero-order valence-corrected chi connectivity index (χ0v) is 19.5. The van der Waals surface area contributed by atoms with E-state index in [0.29, 0.717) is 18.1 Å². The summed E-state index contributed by atoms with van der Waals surface area (Å²) < 4.78 is 40.9. The van der Waals surface area contributed by atoms with E-state index in [0.717, 1.165) is 35.7 Å². The van der Waals surface area contributed by atoms with Crippen molar-refractivity contribution in [1.29, 1.82) is 0 Å². The Morgan fingerprint density at radius 1 is 1.17 bits per heavy atom. The Bertz CT molecular complexity index is 751. The molecule has 0 aliphatic heterocycles. The summed E-state index contributed by atoms with van der Waals surface area (Å²) in [5.41, 5.74) is 2.77. The third-order valence-corrected chi connectivity index (χ3v) is 4.86. The van der Waals surface area contributed by atoms with Gasteiger partial charge in [0.2, 0.25) is 0 Å². The van der Waals surface area contributed by atoms with Gasteiger partial charge in [0, 0.05) is 31.9 Å². The minimum Gasteiger partial charge on any atom is -0.367 e. The number of ether oxygens (including phenoxy) is 1. The van der Waals surface area contributed by atoms with Crippen molar-refractivity contribution in [3.8, 4) is 0 Å². The van der Waals surface area contributed by atoms with Crippen LogP contribution in [-0.2, 0) is 30.7 Å². The van der Waals surface area contributed by atoms with Crippen molar-refractivity contribution < 1.29 is 17.9 Å². The van der Waals surface area contributed by atoms with Crippen LogP contribution in [0.3, 0.4) is 0 Å². The Kier molecular flexibility index (Phi) is 11.5. The number of nitrogens with one attached hydrogen (secondary N) is 2. The van der Waals surface area contributed by atoms with Gasteiger partial charge in [-0.2, -0.15) is 13.2 Å². The summed E-state index contributed by atoms with van der Waals surface area (Å²) in [5.74, 6) is 0.684. The third kappa shape index (κ3) is 10.3. The van der Waals surface area contributed by atoms with Crippen LogP contribution in [0, 0.1) is 0 Å². The van der Waals surface area contributed by atoms with Crippen molar-refractivity contribution in [1.82, 2.24) is 15.6 Å². The summed E-state index contributed by atoms with van der Waals surface area (Å²) >= 11 is 1.68. The van der Waals surface area contributed by atoms with Gasteiger partial charge in [0.1, 0.15) is 6.61 Å². The number of alkyl halides is 3. The maximum Gasteiger partial charge on any atom is 0.411 e. The lowest BCUT2D eigenvalue weighted by molar-refractivity contribution is -0.176. The highest BCUT2D eigenvalue weighted by atomic mass is 127. The fourth-order valence-electron chi connectivity index (χ4n) is 2.38. The van der Waals surface area contributed by atoms with Crippen LogP contribution >= 0.6 is 35.3 Å². The van der Waals surface area contributed by atoms with Crippen LogP contribution in [0.2, 0.25) is 0 Å². The zero-order valence-electron chi connectivity index (χ0n) is 16.4. The normalized spacial score (nSPS) is 11.8. The number of benzene rings is 1. The molecule has 1 aromatic heterocycles. The predicted octanol–water partition coefficient (Wildman–Crippen LogP) is 4.31. The van der Waals surface area contributed by atoms with E-state index in [9.17, 15) is 13.2 Å². The summed E-state index contributed by atoms with van der Waals surface area (Å²) in [6.45, 7) is 2.07. The molecular weight excluding hydrogens is 516 g/mol. The monoisotopic (exact) mass is 542 g/mol. The lowest BCUT2D eigenvalue weighted by Crippen LogP contribution is -2.37. The number of hydrogen-bond donors (Lipinski definition) is 2. The number of guanidine groups is 1. The molecule has 10 heteroatoms. The lowest BCUT2D eigenvalue weighted by Gasteiger charge is -2.12. The maximum atomic E-state index is 12.1.